The maximum Gasteiger partial charge on any atom is 0.303 e. The number of carbonyl (C=O) groups excluding carboxylic acids is 2. The Morgan fingerprint density at radius 2 is 1.36 bits per heavy atom. The molecular weight excluding hydrogens is 538 g/mol. The lowest BCUT2D eigenvalue weighted by molar-refractivity contribution is -0.136. The van der Waals surface area contributed by atoms with E-state index in [1.54, 1.807) is 13.2 Å². The van der Waals surface area contributed by atoms with E-state index in [-0.39, 0.29) is 24.4 Å². The van der Waals surface area contributed by atoms with Crippen molar-refractivity contribution in [2.75, 3.05) is 26.9 Å². The van der Waals surface area contributed by atoms with Gasteiger partial charge in [-0.2, -0.15) is 0 Å². The van der Waals surface area contributed by atoms with Crippen LogP contribution in [-0.4, -0.2) is 49.5 Å². The first-order chi connectivity index (χ1) is 18.8. The topological polar surface area (TPSA) is 125 Å². The quantitative estimate of drug-likeness (QED) is 0.127. The SMILES string of the molecule is COc1cc2sc(C(=O)CCCN)cc2cc1OCCCOc1cc2cc(C(=O)CCC(=O)O)sc2cc1C. The zero-order valence-corrected chi connectivity index (χ0v) is 23.5. The van der Waals surface area contributed by atoms with Crippen molar-refractivity contribution < 1.29 is 33.7 Å². The Morgan fingerprint density at radius 3 is 1.97 bits per heavy atom. The summed E-state index contributed by atoms with van der Waals surface area (Å²) in [5, 5.41) is 10.7. The summed E-state index contributed by atoms with van der Waals surface area (Å²) in [6.45, 7) is 3.29. The molecule has 0 saturated carbocycles. The number of ketones is 2. The number of ether oxygens (including phenoxy) is 3. The molecule has 206 valence electrons. The van der Waals surface area contributed by atoms with Gasteiger partial charge in [0.25, 0.3) is 0 Å². The summed E-state index contributed by atoms with van der Waals surface area (Å²) in [6, 6.07) is 11.4. The van der Waals surface area contributed by atoms with Gasteiger partial charge in [0, 0.05) is 34.7 Å². The van der Waals surface area contributed by atoms with Gasteiger partial charge in [-0.25, -0.2) is 0 Å². The molecule has 0 atom stereocenters. The van der Waals surface area contributed by atoms with Crippen LogP contribution in [0.2, 0.25) is 0 Å². The maximum absolute atomic E-state index is 12.4. The smallest absolute Gasteiger partial charge is 0.303 e. The number of fused-ring (bicyclic) bond motifs is 2. The first-order valence-corrected chi connectivity index (χ1v) is 14.3. The molecule has 0 amide bonds. The largest absolute Gasteiger partial charge is 0.493 e. The Bertz CT molecular complexity index is 1500. The van der Waals surface area contributed by atoms with Crippen LogP contribution in [0.15, 0.2) is 36.4 Å². The van der Waals surface area contributed by atoms with Crippen molar-refractivity contribution in [3.05, 3.63) is 51.7 Å². The number of benzene rings is 2. The number of Topliss-reactive ketones (excluding diaryl/α,β-unsaturated/α-hetero) is 2. The second-order valence-electron chi connectivity index (χ2n) is 9.10. The van der Waals surface area contributed by atoms with Crippen LogP contribution in [0, 0.1) is 6.92 Å². The van der Waals surface area contributed by atoms with Gasteiger partial charge in [0.1, 0.15) is 5.75 Å². The van der Waals surface area contributed by atoms with Gasteiger partial charge >= 0.3 is 5.97 Å². The van der Waals surface area contributed by atoms with E-state index in [4.69, 9.17) is 25.1 Å². The molecule has 39 heavy (non-hydrogen) atoms. The summed E-state index contributed by atoms with van der Waals surface area (Å²) in [5.41, 5.74) is 6.48. The van der Waals surface area contributed by atoms with Crippen molar-refractivity contribution in [1.82, 2.24) is 0 Å². The average Bonchev–Trinajstić information content (AvgIpc) is 3.53. The number of carboxylic acid groups (broad SMARTS) is 1. The fourth-order valence-electron chi connectivity index (χ4n) is 4.07. The van der Waals surface area contributed by atoms with Crippen LogP contribution in [0.3, 0.4) is 0 Å². The second-order valence-corrected chi connectivity index (χ2v) is 11.3. The Morgan fingerprint density at radius 1 is 0.769 bits per heavy atom. The normalized spacial score (nSPS) is 11.2. The van der Waals surface area contributed by atoms with Crippen molar-refractivity contribution in [2.24, 2.45) is 5.73 Å². The van der Waals surface area contributed by atoms with Gasteiger partial charge < -0.3 is 25.1 Å². The van der Waals surface area contributed by atoms with Crippen LogP contribution in [0.5, 0.6) is 17.2 Å². The molecule has 3 N–H and O–H groups in total. The zero-order valence-electron chi connectivity index (χ0n) is 21.9. The molecule has 0 aliphatic rings. The van der Waals surface area contributed by atoms with Crippen LogP contribution in [0.4, 0.5) is 0 Å². The number of rotatable bonds is 15. The summed E-state index contributed by atoms with van der Waals surface area (Å²) < 4.78 is 19.4. The summed E-state index contributed by atoms with van der Waals surface area (Å²) in [7, 11) is 1.59. The van der Waals surface area contributed by atoms with Crippen molar-refractivity contribution >= 4 is 60.4 Å². The van der Waals surface area contributed by atoms with E-state index in [1.807, 2.05) is 37.3 Å². The van der Waals surface area contributed by atoms with Gasteiger partial charge in [0.05, 0.1) is 36.5 Å². The molecule has 4 aromatic rings. The summed E-state index contributed by atoms with van der Waals surface area (Å²) in [4.78, 5) is 36.7. The highest BCUT2D eigenvalue weighted by molar-refractivity contribution is 7.21. The average molecular weight is 570 g/mol. The molecule has 0 spiro atoms. The molecule has 2 aromatic carbocycles. The Balaban J connectivity index is 1.34. The Kier molecular flexibility index (Phi) is 9.55. The molecule has 4 rings (SSSR count). The van der Waals surface area contributed by atoms with E-state index in [1.165, 1.54) is 22.7 Å². The molecule has 2 aromatic heterocycles. The lowest BCUT2D eigenvalue weighted by Gasteiger charge is -2.12. The van der Waals surface area contributed by atoms with Crippen LogP contribution < -0.4 is 19.9 Å². The van der Waals surface area contributed by atoms with Gasteiger partial charge in [0.2, 0.25) is 0 Å². The number of carbonyl (C=O) groups is 3. The highest BCUT2D eigenvalue weighted by Crippen LogP contribution is 2.37. The minimum Gasteiger partial charge on any atom is -0.493 e. The van der Waals surface area contributed by atoms with Crippen molar-refractivity contribution in [1.29, 1.82) is 0 Å². The van der Waals surface area contributed by atoms with Gasteiger partial charge in [-0.3, -0.25) is 14.4 Å². The fourth-order valence-corrected chi connectivity index (χ4v) is 6.22. The second kappa shape index (κ2) is 13.1. The summed E-state index contributed by atoms with van der Waals surface area (Å²) in [5.74, 6) is 0.899. The monoisotopic (exact) mass is 569 g/mol. The van der Waals surface area contributed by atoms with E-state index in [0.717, 1.165) is 31.5 Å². The van der Waals surface area contributed by atoms with Crippen molar-refractivity contribution in [2.45, 2.75) is 39.0 Å². The van der Waals surface area contributed by atoms with Crippen molar-refractivity contribution in [3.8, 4) is 17.2 Å². The van der Waals surface area contributed by atoms with E-state index >= 15 is 0 Å². The number of thiophene rings is 2. The highest BCUT2D eigenvalue weighted by atomic mass is 32.1. The molecule has 10 heteroatoms. The molecule has 0 fully saturated rings. The number of nitrogens with two attached hydrogens (primary N) is 1. The molecule has 0 saturated heterocycles. The molecule has 2 heterocycles. The fraction of sp³-hybridized carbons (Fsp3) is 0.345. The van der Waals surface area contributed by atoms with Crippen LogP contribution in [-0.2, 0) is 4.79 Å². The van der Waals surface area contributed by atoms with E-state index in [9.17, 15) is 14.4 Å². The van der Waals surface area contributed by atoms with Crippen LogP contribution in [0.1, 0.15) is 57.0 Å². The van der Waals surface area contributed by atoms with Gasteiger partial charge in [0.15, 0.2) is 23.1 Å². The third-order valence-corrected chi connectivity index (χ3v) is 8.42. The lowest BCUT2D eigenvalue weighted by atomic mass is 10.1. The summed E-state index contributed by atoms with van der Waals surface area (Å²) >= 11 is 2.81. The minimum absolute atomic E-state index is 0.0112. The predicted molar refractivity (Wildman–Crippen MR) is 154 cm³/mol. The van der Waals surface area contributed by atoms with Crippen LogP contribution >= 0.6 is 22.7 Å². The maximum atomic E-state index is 12.4. The van der Waals surface area contributed by atoms with Gasteiger partial charge in [-0.05, 0) is 66.6 Å². The van der Waals surface area contributed by atoms with E-state index < -0.39 is 5.97 Å². The number of aliphatic carboxylic acids is 1. The van der Waals surface area contributed by atoms with Gasteiger partial charge in [-0.1, -0.05) is 0 Å². The van der Waals surface area contributed by atoms with Crippen LogP contribution in [0.25, 0.3) is 20.2 Å². The third kappa shape index (κ3) is 7.14. The van der Waals surface area contributed by atoms with Crippen molar-refractivity contribution in [3.63, 3.8) is 0 Å². The molecule has 0 bridgehead atoms. The molecule has 8 nitrogen and oxygen atoms in total. The van der Waals surface area contributed by atoms with E-state index in [2.05, 4.69) is 0 Å². The first-order valence-electron chi connectivity index (χ1n) is 12.7. The number of carboxylic acids is 1. The number of hydrogen-bond acceptors (Lipinski definition) is 9. The van der Waals surface area contributed by atoms with E-state index in [0.29, 0.717) is 60.3 Å². The predicted octanol–water partition coefficient (Wildman–Crippen LogP) is 6.25. The molecule has 0 aliphatic carbocycles. The molecular formula is C29H31NO7S2. The molecule has 0 aliphatic heterocycles. The molecule has 0 radical (unpaired) electrons. The first kappa shape index (κ1) is 28.5. The number of aryl methyl sites for hydroxylation is 1. The summed E-state index contributed by atoms with van der Waals surface area (Å²) in [6.07, 6.45) is 1.55. The zero-order chi connectivity index (χ0) is 27.9. The molecule has 0 unspecified atom stereocenters. The lowest BCUT2D eigenvalue weighted by Crippen LogP contribution is -2.06. The Hall–Kier alpha value is -3.47. The third-order valence-electron chi connectivity index (χ3n) is 6.14. The minimum atomic E-state index is -0.981. The highest BCUT2D eigenvalue weighted by Gasteiger charge is 2.15. The number of methoxy groups -OCH3 is 1. The Labute approximate surface area is 234 Å². The number of hydrogen-bond donors (Lipinski definition) is 2. The standard InChI is InChI=1S/C29H31NO7S2/c1-17-11-25-18(14-28(38-25)21(32)6-7-29(33)34)12-22(17)36-9-4-10-37-24-13-19-15-27(20(31)5-3-8-30)39-26(19)16-23(24)35-2/h11-16H,3-10,30H2,1-2H3,(H,33,34). The van der Waals surface area contributed by atoms with Gasteiger partial charge in [-0.15, -0.1) is 22.7 Å².